The fourth-order valence-electron chi connectivity index (χ4n) is 2.15. The van der Waals surface area contributed by atoms with E-state index in [2.05, 4.69) is 29.6 Å². The average molecular weight is 309 g/mol. The molecule has 0 aromatic carbocycles. The van der Waals surface area contributed by atoms with Gasteiger partial charge in [-0.3, -0.25) is 0 Å². The van der Waals surface area contributed by atoms with Gasteiger partial charge in [0.2, 0.25) is 0 Å². The molecule has 2 nitrogen and oxygen atoms in total. The number of alkyl halides is 2. The molecule has 2 rings (SSSR count). The Labute approximate surface area is 130 Å². The summed E-state index contributed by atoms with van der Waals surface area (Å²) in [6.45, 7) is 7.72. The largest absolute Gasteiger partial charge is 0.232 e. The summed E-state index contributed by atoms with van der Waals surface area (Å²) in [5.41, 5.74) is 3.92. The van der Waals surface area contributed by atoms with E-state index in [-0.39, 0.29) is 0 Å². The molecule has 0 atom stereocenters. The third-order valence-corrected chi connectivity index (χ3v) is 3.91. The molecule has 106 valence electrons. The summed E-state index contributed by atoms with van der Waals surface area (Å²) in [7, 11) is 0. The maximum absolute atomic E-state index is 6.25. The highest BCUT2D eigenvalue weighted by Crippen LogP contribution is 2.38. The number of amidine groups is 1. The molecule has 20 heavy (non-hydrogen) atoms. The predicted octanol–water partition coefficient (Wildman–Crippen LogP) is 5.16. The fraction of sp³-hybridized carbons (Fsp3) is 0.375. The Morgan fingerprint density at radius 2 is 2.15 bits per heavy atom. The van der Waals surface area contributed by atoms with Gasteiger partial charge in [0.1, 0.15) is 11.5 Å². The molecule has 0 aromatic heterocycles. The molecule has 1 aliphatic carbocycles. The van der Waals surface area contributed by atoms with E-state index < -0.39 is 4.33 Å². The maximum atomic E-state index is 6.25. The summed E-state index contributed by atoms with van der Waals surface area (Å²) < 4.78 is -1.07. The van der Waals surface area contributed by atoms with Crippen molar-refractivity contribution in [1.82, 2.24) is 0 Å². The van der Waals surface area contributed by atoms with Gasteiger partial charge < -0.3 is 0 Å². The summed E-state index contributed by atoms with van der Waals surface area (Å²) in [6, 6.07) is 0. The van der Waals surface area contributed by atoms with Crippen LogP contribution in [-0.4, -0.2) is 15.9 Å². The summed E-state index contributed by atoms with van der Waals surface area (Å²) in [6.07, 6.45) is 10.7. The quantitative estimate of drug-likeness (QED) is 0.495. The van der Waals surface area contributed by atoms with Crippen LogP contribution in [0, 0.1) is 0 Å². The van der Waals surface area contributed by atoms with E-state index in [1.807, 2.05) is 19.1 Å². The van der Waals surface area contributed by atoms with E-state index in [0.29, 0.717) is 11.5 Å². The summed E-state index contributed by atoms with van der Waals surface area (Å²) >= 11 is 12.5. The van der Waals surface area contributed by atoms with Crippen LogP contribution in [0.15, 0.2) is 57.7 Å². The lowest BCUT2D eigenvalue weighted by Crippen LogP contribution is -2.27. The number of aliphatic imine (C=N–C) groups is 2. The van der Waals surface area contributed by atoms with Gasteiger partial charge in [0.25, 0.3) is 0 Å². The molecule has 1 aliphatic heterocycles. The van der Waals surface area contributed by atoms with Crippen LogP contribution in [0.4, 0.5) is 0 Å². The Morgan fingerprint density at radius 3 is 2.85 bits per heavy atom. The van der Waals surface area contributed by atoms with Crippen LogP contribution >= 0.6 is 23.2 Å². The van der Waals surface area contributed by atoms with Gasteiger partial charge in [-0.15, -0.1) is 6.58 Å². The molecule has 1 heterocycles. The predicted molar refractivity (Wildman–Crippen MR) is 89.0 cm³/mol. The van der Waals surface area contributed by atoms with E-state index in [0.717, 1.165) is 30.5 Å². The zero-order chi connectivity index (χ0) is 14.8. The molecule has 0 spiro atoms. The molecule has 0 fully saturated rings. The van der Waals surface area contributed by atoms with Crippen molar-refractivity contribution in [1.29, 1.82) is 0 Å². The number of hydrogen-bond acceptors (Lipinski definition) is 2. The van der Waals surface area contributed by atoms with Crippen molar-refractivity contribution in [2.24, 2.45) is 9.98 Å². The Kier molecular flexibility index (Phi) is 4.66. The van der Waals surface area contributed by atoms with Gasteiger partial charge >= 0.3 is 0 Å². The maximum Gasteiger partial charge on any atom is 0.180 e. The number of hydrogen-bond donors (Lipinski definition) is 0. The first-order chi connectivity index (χ1) is 9.44. The smallest absolute Gasteiger partial charge is 0.180 e. The minimum Gasteiger partial charge on any atom is -0.232 e. The molecule has 0 unspecified atom stereocenters. The Hall–Kier alpha value is -1.12. The topological polar surface area (TPSA) is 24.7 Å². The highest BCUT2D eigenvalue weighted by Gasteiger charge is 2.37. The second-order valence-electron chi connectivity index (χ2n) is 5.03. The van der Waals surface area contributed by atoms with Crippen LogP contribution in [-0.2, 0) is 0 Å². The minimum atomic E-state index is -1.07. The van der Waals surface area contributed by atoms with Crippen molar-refractivity contribution >= 4 is 34.7 Å². The Morgan fingerprint density at radius 1 is 1.40 bits per heavy atom. The number of allylic oxidation sites excluding steroid dienone is 7. The van der Waals surface area contributed by atoms with Crippen LogP contribution < -0.4 is 0 Å². The van der Waals surface area contributed by atoms with E-state index >= 15 is 0 Å². The van der Waals surface area contributed by atoms with Gasteiger partial charge in [0.05, 0.1) is 5.70 Å². The first-order valence-corrected chi connectivity index (χ1v) is 7.41. The van der Waals surface area contributed by atoms with Crippen LogP contribution in [0.2, 0.25) is 0 Å². The van der Waals surface area contributed by atoms with Crippen molar-refractivity contribution in [3.63, 3.8) is 0 Å². The number of halogens is 2. The van der Waals surface area contributed by atoms with Gasteiger partial charge in [-0.2, -0.15) is 0 Å². The molecule has 0 N–H and O–H groups in total. The van der Waals surface area contributed by atoms with Gasteiger partial charge in [-0.25, -0.2) is 9.98 Å². The zero-order valence-corrected chi connectivity index (χ0v) is 13.3. The SMILES string of the molecule is C=CCC/C(C)=C/CC1=C2N=C(C)N=C2C(Cl)(Cl)C=C1. The molecule has 0 amide bonds. The molecular formula is C16H18Cl2N2. The zero-order valence-electron chi connectivity index (χ0n) is 11.8. The molecule has 0 bridgehead atoms. The normalized spacial score (nSPS) is 20.7. The Bertz CT molecular complexity index is 575. The summed E-state index contributed by atoms with van der Waals surface area (Å²) in [5, 5.41) is 0. The summed E-state index contributed by atoms with van der Waals surface area (Å²) in [4.78, 5) is 8.80. The standard InChI is InChI=1S/C16H18Cl2N2/c1-4-5-6-11(2)7-8-13-9-10-16(17,18)15-14(13)19-12(3)20-15/h4,7,9-10H,1,5-6,8H2,2-3H3/b11-7+. The third-order valence-electron chi connectivity index (χ3n) is 3.30. The number of nitrogens with zero attached hydrogens (tertiary/aromatic N) is 2. The molecule has 2 aliphatic rings. The molecular weight excluding hydrogens is 291 g/mol. The minimum absolute atomic E-state index is 0.646. The lowest BCUT2D eigenvalue weighted by atomic mass is 9.97. The monoisotopic (exact) mass is 308 g/mol. The third kappa shape index (κ3) is 3.31. The first kappa shape index (κ1) is 15.3. The van der Waals surface area contributed by atoms with Crippen molar-refractivity contribution in [3.05, 3.63) is 47.7 Å². The van der Waals surface area contributed by atoms with Gasteiger partial charge in [-0.05, 0) is 44.8 Å². The molecule has 4 heteroatoms. The molecule has 0 saturated heterocycles. The van der Waals surface area contributed by atoms with Crippen LogP contribution in [0.25, 0.3) is 0 Å². The summed E-state index contributed by atoms with van der Waals surface area (Å²) in [5.74, 6) is 0.703. The molecule has 0 radical (unpaired) electrons. The molecule has 0 aromatic rings. The first-order valence-electron chi connectivity index (χ1n) is 6.65. The molecule has 0 saturated carbocycles. The highest BCUT2D eigenvalue weighted by molar-refractivity contribution is 6.63. The van der Waals surface area contributed by atoms with Gasteiger partial charge in [0, 0.05) is 0 Å². The Balaban J connectivity index is 2.21. The average Bonchev–Trinajstić information content (AvgIpc) is 2.79. The number of rotatable bonds is 5. The van der Waals surface area contributed by atoms with Crippen molar-refractivity contribution in [3.8, 4) is 0 Å². The van der Waals surface area contributed by atoms with Crippen LogP contribution in [0.3, 0.4) is 0 Å². The van der Waals surface area contributed by atoms with E-state index in [1.165, 1.54) is 5.57 Å². The second kappa shape index (κ2) is 6.11. The number of fused-ring (bicyclic) bond motifs is 1. The fourth-order valence-corrected chi connectivity index (χ4v) is 2.54. The van der Waals surface area contributed by atoms with Crippen molar-refractivity contribution in [2.75, 3.05) is 0 Å². The van der Waals surface area contributed by atoms with Crippen LogP contribution in [0.1, 0.15) is 33.1 Å². The lowest BCUT2D eigenvalue weighted by molar-refractivity contribution is 0.966. The van der Waals surface area contributed by atoms with Gasteiger partial charge in [-0.1, -0.05) is 47.0 Å². The second-order valence-corrected chi connectivity index (χ2v) is 6.42. The highest BCUT2D eigenvalue weighted by atomic mass is 35.5. The van der Waals surface area contributed by atoms with E-state index in [4.69, 9.17) is 23.2 Å². The van der Waals surface area contributed by atoms with Crippen LogP contribution in [0.5, 0.6) is 0 Å². The van der Waals surface area contributed by atoms with Crippen molar-refractivity contribution in [2.45, 2.75) is 37.4 Å². The lowest BCUT2D eigenvalue weighted by Gasteiger charge is -2.21. The van der Waals surface area contributed by atoms with E-state index in [9.17, 15) is 0 Å². The van der Waals surface area contributed by atoms with Crippen molar-refractivity contribution < 1.29 is 0 Å². The van der Waals surface area contributed by atoms with Gasteiger partial charge in [0.15, 0.2) is 4.33 Å². The van der Waals surface area contributed by atoms with E-state index in [1.54, 1.807) is 6.08 Å².